The molecule has 1 aromatic rings. The Bertz CT molecular complexity index is 171. The van der Waals surface area contributed by atoms with Crippen LogP contribution >= 0.6 is 0 Å². The van der Waals surface area contributed by atoms with Crippen LogP contribution in [0.1, 0.15) is 11.7 Å². The van der Waals surface area contributed by atoms with E-state index in [4.69, 9.17) is 0 Å². The molecular weight excluding hydrogens is 104 g/mol. The third-order valence-electron chi connectivity index (χ3n) is 0.793. The molecular formula is C5H7N2O. The zero-order chi connectivity index (χ0) is 5.98. The van der Waals surface area contributed by atoms with Crippen molar-refractivity contribution in [1.29, 1.82) is 0 Å². The van der Waals surface area contributed by atoms with Crippen molar-refractivity contribution in [2.24, 2.45) is 0 Å². The molecule has 0 aliphatic heterocycles. The van der Waals surface area contributed by atoms with Gasteiger partial charge in [-0.3, -0.25) is 0 Å². The van der Waals surface area contributed by atoms with Gasteiger partial charge in [0.05, 0.1) is 0 Å². The summed E-state index contributed by atoms with van der Waals surface area (Å²) in [5, 5.41) is 3.59. The third-order valence-corrected chi connectivity index (χ3v) is 0.793. The van der Waals surface area contributed by atoms with E-state index in [0.29, 0.717) is 18.1 Å². The van der Waals surface area contributed by atoms with Gasteiger partial charge < -0.3 is 4.52 Å². The van der Waals surface area contributed by atoms with E-state index in [2.05, 4.69) is 21.6 Å². The Hall–Kier alpha value is -0.860. The fraction of sp³-hybridized carbons (Fsp3) is 0.400. The molecule has 0 atom stereocenters. The van der Waals surface area contributed by atoms with E-state index in [-0.39, 0.29) is 0 Å². The van der Waals surface area contributed by atoms with E-state index in [9.17, 15) is 0 Å². The van der Waals surface area contributed by atoms with Crippen molar-refractivity contribution in [3.63, 3.8) is 0 Å². The van der Waals surface area contributed by atoms with Crippen LogP contribution in [0.2, 0.25) is 0 Å². The number of hydrogen-bond acceptors (Lipinski definition) is 3. The van der Waals surface area contributed by atoms with Crippen LogP contribution in [0.25, 0.3) is 0 Å². The van der Waals surface area contributed by atoms with Crippen LogP contribution in [0.4, 0.5) is 0 Å². The second-order valence-corrected chi connectivity index (χ2v) is 1.48. The maximum absolute atomic E-state index is 4.65. The summed E-state index contributed by atoms with van der Waals surface area (Å²) in [7, 11) is 0. The van der Waals surface area contributed by atoms with Gasteiger partial charge in [-0.1, -0.05) is 5.16 Å². The first-order valence-electron chi connectivity index (χ1n) is 2.41. The predicted octanol–water partition coefficient (Wildman–Crippen LogP) is 0.755. The Labute approximate surface area is 47.7 Å². The van der Waals surface area contributed by atoms with Crippen LogP contribution in [0, 0.1) is 13.8 Å². The Balaban J connectivity index is 2.84. The molecule has 0 amide bonds. The van der Waals surface area contributed by atoms with E-state index in [1.54, 1.807) is 6.92 Å². The van der Waals surface area contributed by atoms with Gasteiger partial charge in [0, 0.05) is 13.3 Å². The van der Waals surface area contributed by atoms with Crippen molar-refractivity contribution in [2.75, 3.05) is 0 Å². The lowest BCUT2D eigenvalue weighted by molar-refractivity contribution is 0.388. The van der Waals surface area contributed by atoms with Gasteiger partial charge in [-0.2, -0.15) is 4.98 Å². The highest BCUT2D eigenvalue weighted by Gasteiger charge is 1.95. The summed E-state index contributed by atoms with van der Waals surface area (Å²) in [5.74, 6) is 1.27. The monoisotopic (exact) mass is 111 g/mol. The smallest absolute Gasteiger partial charge is 0.223 e. The standard InChI is InChI=1S/C5H7N2O/c1-3-5-6-4(2)8-7-5/h1,3H2,2H3. The van der Waals surface area contributed by atoms with Gasteiger partial charge in [0.25, 0.3) is 0 Å². The van der Waals surface area contributed by atoms with E-state index in [1.807, 2.05) is 0 Å². The molecule has 0 aliphatic rings. The number of nitrogens with zero attached hydrogens (tertiary/aromatic N) is 2. The molecule has 0 saturated heterocycles. The number of rotatable bonds is 1. The molecule has 0 aliphatic carbocycles. The van der Waals surface area contributed by atoms with Crippen LogP contribution < -0.4 is 0 Å². The number of aryl methyl sites for hydroxylation is 1. The van der Waals surface area contributed by atoms with Crippen molar-refractivity contribution < 1.29 is 4.52 Å². The van der Waals surface area contributed by atoms with E-state index >= 15 is 0 Å². The highest BCUT2D eigenvalue weighted by atomic mass is 16.5. The molecule has 0 fully saturated rings. The topological polar surface area (TPSA) is 38.9 Å². The van der Waals surface area contributed by atoms with Crippen LogP contribution in [-0.2, 0) is 6.42 Å². The molecule has 0 spiro atoms. The molecule has 43 valence electrons. The first kappa shape index (κ1) is 5.28. The zero-order valence-electron chi connectivity index (χ0n) is 4.72. The quantitative estimate of drug-likeness (QED) is 0.537. The average molecular weight is 111 g/mol. The minimum Gasteiger partial charge on any atom is -0.340 e. The lowest BCUT2D eigenvalue weighted by atomic mass is 10.5. The van der Waals surface area contributed by atoms with E-state index in [0.717, 1.165) is 0 Å². The highest BCUT2D eigenvalue weighted by molar-refractivity contribution is 4.84. The van der Waals surface area contributed by atoms with E-state index < -0.39 is 0 Å². The zero-order valence-corrected chi connectivity index (χ0v) is 4.72. The average Bonchev–Trinajstić information content (AvgIpc) is 2.14. The lowest BCUT2D eigenvalue weighted by Gasteiger charge is -1.73. The molecule has 1 radical (unpaired) electrons. The SMILES string of the molecule is [CH2]Cc1noc(C)n1. The molecule has 3 nitrogen and oxygen atoms in total. The van der Waals surface area contributed by atoms with Gasteiger partial charge in [-0.25, -0.2) is 0 Å². The molecule has 8 heavy (non-hydrogen) atoms. The normalized spacial score (nSPS) is 9.75. The molecule has 3 heteroatoms. The van der Waals surface area contributed by atoms with Crippen LogP contribution in [0.15, 0.2) is 4.52 Å². The van der Waals surface area contributed by atoms with Gasteiger partial charge in [-0.05, 0) is 6.92 Å². The largest absolute Gasteiger partial charge is 0.340 e. The third kappa shape index (κ3) is 0.857. The molecule has 0 bridgehead atoms. The molecule has 0 N–H and O–H groups in total. The molecule has 0 saturated carbocycles. The first-order valence-corrected chi connectivity index (χ1v) is 2.41. The Morgan fingerprint density at radius 1 is 1.75 bits per heavy atom. The number of aromatic nitrogens is 2. The Morgan fingerprint density at radius 2 is 2.50 bits per heavy atom. The van der Waals surface area contributed by atoms with Crippen LogP contribution in [-0.4, -0.2) is 10.1 Å². The van der Waals surface area contributed by atoms with Gasteiger partial charge >= 0.3 is 0 Å². The minimum atomic E-state index is 0.595. The van der Waals surface area contributed by atoms with Gasteiger partial charge in [0.15, 0.2) is 5.82 Å². The van der Waals surface area contributed by atoms with Crippen LogP contribution in [0.3, 0.4) is 0 Å². The highest BCUT2D eigenvalue weighted by Crippen LogP contribution is 1.93. The van der Waals surface area contributed by atoms with E-state index in [1.165, 1.54) is 0 Å². The fourth-order valence-corrected chi connectivity index (χ4v) is 0.443. The second-order valence-electron chi connectivity index (χ2n) is 1.48. The Morgan fingerprint density at radius 3 is 2.75 bits per heavy atom. The Kier molecular flexibility index (Phi) is 1.28. The molecule has 0 aromatic carbocycles. The van der Waals surface area contributed by atoms with Crippen molar-refractivity contribution >= 4 is 0 Å². The molecule has 1 rings (SSSR count). The minimum absolute atomic E-state index is 0.595. The first-order chi connectivity index (χ1) is 3.83. The van der Waals surface area contributed by atoms with Crippen molar-refractivity contribution in [3.05, 3.63) is 18.6 Å². The summed E-state index contributed by atoms with van der Waals surface area (Å²) in [6.45, 7) is 5.34. The molecule has 1 heterocycles. The summed E-state index contributed by atoms with van der Waals surface area (Å²) >= 11 is 0. The van der Waals surface area contributed by atoms with Gasteiger partial charge in [-0.15, -0.1) is 0 Å². The van der Waals surface area contributed by atoms with Gasteiger partial charge in [0.1, 0.15) is 0 Å². The van der Waals surface area contributed by atoms with Crippen molar-refractivity contribution in [3.8, 4) is 0 Å². The second kappa shape index (κ2) is 1.94. The van der Waals surface area contributed by atoms with Gasteiger partial charge in [0.2, 0.25) is 5.89 Å². The van der Waals surface area contributed by atoms with Crippen molar-refractivity contribution in [2.45, 2.75) is 13.3 Å². The summed E-state index contributed by atoms with van der Waals surface area (Å²) in [6, 6.07) is 0. The summed E-state index contributed by atoms with van der Waals surface area (Å²) in [5.41, 5.74) is 0. The predicted molar refractivity (Wildman–Crippen MR) is 28.1 cm³/mol. The molecule has 1 aromatic heterocycles. The summed E-state index contributed by atoms with van der Waals surface area (Å²) < 4.78 is 4.65. The summed E-state index contributed by atoms with van der Waals surface area (Å²) in [4.78, 5) is 3.89. The maximum Gasteiger partial charge on any atom is 0.223 e. The van der Waals surface area contributed by atoms with Crippen LogP contribution in [0.5, 0.6) is 0 Å². The maximum atomic E-state index is 4.65. The summed E-state index contributed by atoms with van der Waals surface area (Å²) in [6.07, 6.45) is 0.595. The lowest BCUT2D eigenvalue weighted by Crippen LogP contribution is -1.80. The van der Waals surface area contributed by atoms with Crippen molar-refractivity contribution in [1.82, 2.24) is 10.1 Å². The fourth-order valence-electron chi connectivity index (χ4n) is 0.443. The number of hydrogen-bond donors (Lipinski definition) is 0. The molecule has 0 unspecified atom stereocenters.